The van der Waals surface area contributed by atoms with Gasteiger partial charge < -0.3 is 15.4 Å². The van der Waals surface area contributed by atoms with Crippen LogP contribution in [0.15, 0.2) is 29.2 Å². The lowest BCUT2D eigenvalue weighted by Crippen LogP contribution is -2.49. The topological polar surface area (TPSA) is 102 Å². The average Bonchev–Trinajstić information content (AvgIpc) is 2.61. The van der Waals surface area contributed by atoms with Crippen molar-refractivity contribution < 1.29 is 17.9 Å². The Morgan fingerprint density at radius 1 is 1.35 bits per heavy atom. The average molecular weight is 406 g/mol. The molecule has 2 rings (SSSR count). The number of piperidine rings is 1. The van der Waals surface area contributed by atoms with Gasteiger partial charge in [-0.3, -0.25) is 4.79 Å². The molecule has 0 bridgehead atoms. The minimum absolute atomic E-state index is 0. The van der Waals surface area contributed by atoms with E-state index in [-0.39, 0.29) is 35.8 Å². The van der Waals surface area contributed by atoms with Gasteiger partial charge in [0.2, 0.25) is 10.0 Å². The summed E-state index contributed by atoms with van der Waals surface area (Å²) in [4.78, 5) is 14.7. The number of rotatable bonds is 7. The maximum absolute atomic E-state index is 12.7. The van der Waals surface area contributed by atoms with Gasteiger partial charge in [-0.2, -0.15) is 0 Å². The van der Waals surface area contributed by atoms with Gasteiger partial charge in [-0.25, -0.2) is 13.1 Å². The van der Waals surface area contributed by atoms with Gasteiger partial charge in [-0.1, -0.05) is 6.92 Å². The highest BCUT2D eigenvalue weighted by molar-refractivity contribution is 7.89. The zero-order chi connectivity index (χ0) is 18.4. The van der Waals surface area contributed by atoms with Crippen molar-refractivity contribution in [2.45, 2.75) is 30.7 Å². The molecule has 1 saturated heterocycles. The third-order valence-electron chi connectivity index (χ3n) is 4.52. The Hall–Kier alpha value is -1.19. The van der Waals surface area contributed by atoms with Crippen molar-refractivity contribution in [2.24, 2.45) is 11.7 Å². The maximum Gasteiger partial charge on any atom is 0.254 e. The molecule has 148 valence electrons. The first-order chi connectivity index (χ1) is 11.9. The molecular weight excluding hydrogens is 378 g/mol. The predicted molar refractivity (Wildman–Crippen MR) is 103 cm³/mol. The van der Waals surface area contributed by atoms with Gasteiger partial charge in [-0.05, 0) is 43.0 Å². The van der Waals surface area contributed by atoms with E-state index in [0.29, 0.717) is 31.2 Å². The molecular formula is C17H28ClN3O4S. The molecule has 1 aromatic carbocycles. The van der Waals surface area contributed by atoms with Crippen molar-refractivity contribution >= 4 is 28.3 Å². The number of nitrogens with zero attached hydrogens (tertiary/aromatic N) is 1. The van der Waals surface area contributed by atoms with Crippen LogP contribution < -0.4 is 10.5 Å². The Morgan fingerprint density at radius 3 is 2.58 bits per heavy atom. The van der Waals surface area contributed by atoms with E-state index in [1.54, 1.807) is 17.0 Å². The standard InChI is InChI=1S/C17H27N3O4S.ClH/c1-13-7-9-20(15(11-13)12-18)17(21)14-3-5-16(6-4-14)25(22,23)19-8-10-24-2;/h3-6,13,15,19H,7-12,18H2,1-2H3;1H. The zero-order valence-electron chi connectivity index (χ0n) is 15.2. The molecule has 0 aromatic heterocycles. The SMILES string of the molecule is COCCNS(=O)(=O)c1ccc(C(=O)N2CCC(C)CC2CN)cc1.Cl. The zero-order valence-corrected chi connectivity index (χ0v) is 16.8. The van der Waals surface area contributed by atoms with Crippen LogP contribution in [-0.2, 0) is 14.8 Å². The van der Waals surface area contributed by atoms with Crippen molar-refractivity contribution in [3.05, 3.63) is 29.8 Å². The van der Waals surface area contributed by atoms with Crippen LogP contribution in [0.25, 0.3) is 0 Å². The number of benzene rings is 1. The molecule has 0 radical (unpaired) electrons. The number of nitrogens with one attached hydrogen (secondary N) is 1. The summed E-state index contributed by atoms with van der Waals surface area (Å²) < 4.78 is 31.6. The molecule has 3 N–H and O–H groups in total. The van der Waals surface area contributed by atoms with Crippen molar-refractivity contribution in [3.63, 3.8) is 0 Å². The molecule has 2 unspecified atom stereocenters. The van der Waals surface area contributed by atoms with Crippen LogP contribution in [-0.4, -0.2) is 58.6 Å². The summed E-state index contributed by atoms with van der Waals surface area (Å²) in [5, 5.41) is 0. The van der Waals surface area contributed by atoms with Crippen LogP contribution in [0.4, 0.5) is 0 Å². The van der Waals surface area contributed by atoms with Gasteiger partial charge in [0.15, 0.2) is 0 Å². The Morgan fingerprint density at radius 2 is 2.00 bits per heavy atom. The first-order valence-electron chi connectivity index (χ1n) is 8.48. The van der Waals surface area contributed by atoms with E-state index in [4.69, 9.17) is 10.5 Å². The number of ether oxygens (including phenoxy) is 1. The van der Waals surface area contributed by atoms with Crippen LogP contribution in [0.1, 0.15) is 30.1 Å². The Balaban J connectivity index is 0.00000338. The molecule has 7 nitrogen and oxygen atoms in total. The fourth-order valence-electron chi connectivity index (χ4n) is 3.05. The number of likely N-dealkylation sites (tertiary alicyclic amines) is 1. The maximum atomic E-state index is 12.7. The van der Waals surface area contributed by atoms with Gasteiger partial charge in [-0.15, -0.1) is 12.4 Å². The van der Waals surface area contributed by atoms with Crippen LogP contribution >= 0.6 is 12.4 Å². The summed E-state index contributed by atoms with van der Waals surface area (Å²) in [5.74, 6) is 0.460. The minimum atomic E-state index is -3.60. The highest BCUT2D eigenvalue weighted by Gasteiger charge is 2.29. The molecule has 2 atom stereocenters. The number of methoxy groups -OCH3 is 1. The van der Waals surface area contributed by atoms with Gasteiger partial charge in [0.1, 0.15) is 0 Å². The Labute approximate surface area is 161 Å². The van der Waals surface area contributed by atoms with Gasteiger partial charge in [0.25, 0.3) is 5.91 Å². The fraction of sp³-hybridized carbons (Fsp3) is 0.588. The van der Waals surface area contributed by atoms with Gasteiger partial charge in [0, 0.05) is 38.3 Å². The van der Waals surface area contributed by atoms with E-state index in [2.05, 4.69) is 11.6 Å². The molecule has 1 aliphatic heterocycles. The summed E-state index contributed by atoms with van der Waals surface area (Å²) >= 11 is 0. The van der Waals surface area contributed by atoms with Gasteiger partial charge in [0.05, 0.1) is 11.5 Å². The van der Waals surface area contributed by atoms with E-state index in [9.17, 15) is 13.2 Å². The van der Waals surface area contributed by atoms with Gasteiger partial charge >= 0.3 is 0 Å². The lowest BCUT2D eigenvalue weighted by molar-refractivity contribution is 0.0573. The Bertz CT molecular complexity index is 682. The summed E-state index contributed by atoms with van der Waals surface area (Å²) in [6.45, 7) is 3.78. The summed E-state index contributed by atoms with van der Waals surface area (Å²) in [6, 6.07) is 6.05. The number of carbonyl (C=O) groups is 1. The van der Waals surface area contributed by atoms with Crippen molar-refractivity contribution in [1.29, 1.82) is 0 Å². The summed E-state index contributed by atoms with van der Waals surface area (Å²) in [7, 11) is -2.09. The second-order valence-electron chi connectivity index (χ2n) is 6.43. The first kappa shape index (κ1) is 22.9. The molecule has 1 aromatic rings. The number of carbonyl (C=O) groups excluding carboxylic acids is 1. The smallest absolute Gasteiger partial charge is 0.254 e. The summed E-state index contributed by atoms with van der Waals surface area (Å²) in [6.07, 6.45) is 1.86. The third kappa shape index (κ3) is 5.65. The molecule has 0 saturated carbocycles. The van der Waals surface area contributed by atoms with E-state index >= 15 is 0 Å². The second-order valence-corrected chi connectivity index (χ2v) is 8.20. The van der Waals surface area contributed by atoms with Crippen molar-refractivity contribution in [2.75, 3.05) is 33.4 Å². The van der Waals surface area contributed by atoms with Crippen LogP contribution in [0.2, 0.25) is 0 Å². The fourth-order valence-corrected chi connectivity index (χ4v) is 4.06. The molecule has 0 spiro atoms. The van der Waals surface area contributed by atoms with E-state index < -0.39 is 10.0 Å². The molecule has 1 fully saturated rings. The molecule has 0 aliphatic carbocycles. The summed E-state index contributed by atoms with van der Waals surface area (Å²) in [5.41, 5.74) is 6.29. The van der Waals surface area contributed by atoms with Crippen molar-refractivity contribution in [3.8, 4) is 0 Å². The number of nitrogens with two attached hydrogens (primary N) is 1. The largest absolute Gasteiger partial charge is 0.383 e. The minimum Gasteiger partial charge on any atom is -0.383 e. The lowest BCUT2D eigenvalue weighted by Gasteiger charge is -2.38. The lowest BCUT2D eigenvalue weighted by atomic mass is 9.92. The number of halogens is 1. The molecule has 1 aliphatic rings. The molecule has 9 heteroatoms. The molecule has 1 amide bonds. The normalized spacial score (nSPS) is 20.5. The van der Waals surface area contributed by atoms with E-state index in [1.807, 2.05) is 0 Å². The molecule has 1 heterocycles. The first-order valence-corrected chi connectivity index (χ1v) is 9.97. The third-order valence-corrected chi connectivity index (χ3v) is 6.00. The number of hydrogen-bond acceptors (Lipinski definition) is 5. The quantitative estimate of drug-likeness (QED) is 0.664. The monoisotopic (exact) mass is 405 g/mol. The second kappa shape index (κ2) is 10.2. The predicted octanol–water partition coefficient (Wildman–Crippen LogP) is 1.23. The van der Waals surface area contributed by atoms with Crippen LogP contribution in [0.5, 0.6) is 0 Å². The van der Waals surface area contributed by atoms with Crippen molar-refractivity contribution in [1.82, 2.24) is 9.62 Å². The highest BCUT2D eigenvalue weighted by Crippen LogP contribution is 2.24. The van der Waals surface area contributed by atoms with E-state index in [0.717, 1.165) is 12.8 Å². The van der Waals surface area contributed by atoms with Crippen LogP contribution in [0.3, 0.4) is 0 Å². The number of amides is 1. The highest BCUT2D eigenvalue weighted by atomic mass is 35.5. The Kier molecular flexibility index (Phi) is 8.99. The molecule has 26 heavy (non-hydrogen) atoms. The number of sulfonamides is 1. The van der Waals surface area contributed by atoms with E-state index in [1.165, 1.54) is 19.2 Å². The number of hydrogen-bond donors (Lipinski definition) is 2. The van der Waals surface area contributed by atoms with Crippen LogP contribution in [0, 0.1) is 5.92 Å².